The van der Waals surface area contributed by atoms with Crippen molar-refractivity contribution >= 4 is 17.8 Å². The van der Waals surface area contributed by atoms with Crippen LogP contribution in [0.1, 0.15) is 52.7 Å². The van der Waals surface area contributed by atoms with Crippen LogP contribution in [0.2, 0.25) is 0 Å². The van der Waals surface area contributed by atoms with E-state index in [0.717, 1.165) is 17.0 Å². The molecule has 1 aliphatic carbocycles. The number of nitrogens with one attached hydrogen (secondary N) is 1. The summed E-state index contributed by atoms with van der Waals surface area (Å²) < 4.78 is 0. The quantitative estimate of drug-likeness (QED) is 0.565. The molecule has 1 aromatic rings. The average Bonchev–Trinajstić information content (AvgIpc) is 3.15. The number of benzene rings is 1. The predicted molar refractivity (Wildman–Crippen MR) is 137 cm³/mol. The molecule has 0 saturated heterocycles. The summed E-state index contributed by atoms with van der Waals surface area (Å²) in [5.41, 5.74) is 1.77. The van der Waals surface area contributed by atoms with Crippen LogP contribution in [-0.4, -0.2) is 72.0 Å². The van der Waals surface area contributed by atoms with Crippen molar-refractivity contribution in [1.82, 2.24) is 15.1 Å². The molecular formula is C27H43N3O4. The Labute approximate surface area is 205 Å². The highest BCUT2D eigenvalue weighted by Crippen LogP contribution is 2.33. The molecule has 0 fully saturated rings. The summed E-state index contributed by atoms with van der Waals surface area (Å²) >= 11 is 0. The molecule has 1 aliphatic rings. The van der Waals surface area contributed by atoms with Crippen molar-refractivity contribution in [1.29, 1.82) is 0 Å². The van der Waals surface area contributed by atoms with E-state index in [9.17, 15) is 14.4 Å². The maximum Gasteiger partial charge on any atom is 0.331 e. The third-order valence-corrected chi connectivity index (χ3v) is 6.04. The number of amides is 2. The van der Waals surface area contributed by atoms with Gasteiger partial charge in [0.25, 0.3) is 0 Å². The largest absolute Gasteiger partial charge is 0.478 e. The summed E-state index contributed by atoms with van der Waals surface area (Å²) in [4.78, 5) is 40.5. The molecule has 2 N–H and O–H groups in total. The van der Waals surface area contributed by atoms with E-state index in [1.54, 1.807) is 13.1 Å². The molecular weight excluding hydrogens is 430 g/mol. The van der Waals surface area contributed by atoms with E-state index in [0.29, 0.717) is 12.8 Å². The van der Waals surface area contributed by atoms with Gasteiger partial charge in [0.1, 0.15) is 5.54 Å². The maximum absolute atomic E-state index is 13.2. The van der Waals surface area contributed by atoms with Crippen molar-refractivity contribution in [2.24, 2.45) is 11.8 Å². The molecule has 0 aliphatic heterocycles. The normalized spacial score (nSPS) is 15.5. The number of carbonyl (C=O) groups excluding carboxylic acids is 2. The second-order valence-corrected chi connectivity index (χ2v) is 10.4. The highest BCUT2D eigenvalue weighted by molar-refractivity contribution is 5.92. The van der Waals surface area contributed by atoms with Crippen LogP contribution in [0.4, 0.5) is 0 Å². The fraction of sp³-hybridized carbons (Fsp3) is 0.593. The molecule has 0 unspecified atom stereocenters. The van der Waals surface area contributed by atoms with Crippen LogP contribution in [0.25, 0.3) is 0 Å². The highest BCUT2D eigenvalue weighted by atomic mass is 16.4. The Morgan fingerprint density at radius 3 is 1.88 bits per heavy atom. The Bertz CT molecular complexity index is 862. The number of carbonyl (C=O) groups is 3. The first kappa shape index (κ1) is 29.4. The molecule has 7 nitrogen and oxygen atoms in total. The lowest BCUT2D eigenvalue weighted by molar-refractivity contribution is -0.137. The number of nitrogens with zero attached hydrogens (tertiary/aromatic N) is 2. The monoisotopic (exact) mass is 473 g/mol. The molecule has 34 heavy (non-hydrogen) atoms. The standard InChI is InChI=1S/C23H33N3O4.C4H10/c1-15(2)19(11-16(3)21(28)29)26(6)20(27)14-24-22(30)23(25(4)5)12-17-9-7-8-10-18(17)13-23;1-4(2)3/h7-11,15,19H,12-14H2,1-6H3,(H,24,30)(H,28,29);4H,1-3H3/b16-11+;/t19-;/m1./s1. The summed E-state index contributed by atoms with van der Waals surface area (Å²) in [7, 11) is 5.40. The summed E-state index contributed by atoms with van der Waals surface area (Å²) in [6, 6.07) is 7.65. The molecule has 7 heteroatoms. The minimum atomic E-state index is -1.01. The molecule has 0 bridgehead atoms. The number of carboxylic acid groups (broad SMARTS) is 1. The zero-order chi connectivity index (χ0) is 26.2. The van der Waals surface area contributed by atoms with Crippen LogP contribution in [0.5, 0.6) is 0 Å². The SMILES string of the molecule is C/C(=C\[C@H](C(C)C)N(C)C(=O)CNC(=O)C1(N(C)C)Cc2ccccc2C1)C(=O)O.CC(C)C. The predicted octanol–water partition coefficient (Wildman–Crippen LogP) is 3.38. The number of likely N-dealkylation sites (N-methyl/N-ethyl adjacent to an activating group) is 2. The van der Waals surface area contributed by atoms with Crippen molar-refractivity contribution in [3.63, 3.8) is 0 Å². The van der Waals surface area contributed by atoms with Crippen LogP contribution >= 0.6 is 0 Å². The topological polar surface area (TPSA) is 90.0 Å². The van der Waals surface area contributed by atoms with Gasteiger partial charge in [0.15, 0.2) is 0 Å². The summed E-state index contributed by atoms with van der Waals surface area (Å²) in [6.07, 6.45) is 2.78. The number of hydrogen-bond donors (Lipinski definition) is 2. The summed E-state index contributed by atoms with van der Waals surface area (Å²) in [5.74, 6) is -0.588. The van der Waals surface area contributed by atoms with Crippen molar-refractivity contribution in [2.75, 3.05) is 27.7 Å². The number of fused-ring (bicyclic) bond motifs is 1. The molecule has 0 heterocycles. The van der Waals surface area contributed by atoms with Crippen molar-refractivity contribution in [3.05, 3.63) is 47.0 Å². The van der Waals surface area contributed by atoms with Crippen molar-refractivity contribution in [2.45, 2.75) is 66.0 Å². The van der Waals surface area contributed by atoms with Gasteiger partial charge in [-0.1, -0.05) is 65.0 Å². The van der Waals surface area contributed by atoms with Crippen LogP contribution < -0.4 is 5.32 Å². The van der Waals surface area contributed by atoms with E-state index in [1.807, 2.05) is 57.1 Å². The third-order valence-electron chi connectivity index (χ3n) is 6.04. The molecule has 0 radical (unpaired) electrons. The molecule has 1 aromatic carbocycles. The number of carboxylic acids is 1. The van der Waals surface area contributed by atoms with Gasteiger partial charge >= 0.3 is 5.97 Å². The first-order chi connectivity index (χ1) is 15.7. The van der Waals surface area contributed by atoms with Gasteiger partial charge < -0.3 is 15.3 Å². The van der Waals surface area contributed by atoms with E-state index in [-0.39, 0.29) is 35.9 Å². The Balaban J connectivity index is 0.00000133. The van der Waals surface area contributed by atoms with Gasteiger partial charge in [-0.25, -0.2) is 4.79 Å². The van der Waals surface area contributed by atoms with Gasteiger partial charge in [-0.05, 0) is 44.0 Å². The van der Waals surface area contributed by atoms with E-state index in [1.165, 1.54) is 11.8 Å². The van der Waals surface area contributed by atoms with E-state index < -0.39 is 11.5 Å². The van der Waals surface area contributed by atoms with Gasteiger partial charge in [-0.2, -0.15) is 0 Å². The van der Waals surface area contributed by atoms with Gasteiger partial charge in [0.05, 0.1) is 12.6 Å². The van der Waals surface area contributed by atoms with E-state index in [2.05, 4.69) is 26.1 Å². The zero-order valence-electron chi connectivity index (χ0n) is 22.3. The molecule has 0 aromatic heterocycles. The van der Waals surface area contributed by atoms with Crippen LogP contribution in [0.3, 0.4) is 0 Å². The number of hydrogen-bond acceptors (Lipinski definition) is 4. The van der Waals surface area contributed by atoms with Crippen LogP contribution in [0.15, 0.2) is 35.9 Å². The summed E-state index contributed by atoms with van der Waals surface area (Å²) in [6.45, 7) is 11.7. The van der Waals surface area contributed by atoms with Crippen LogP contribution in [0, 0.1) is 11.8 Å². The number of aliphatic carboxylic acids is 1. The van der Waals surface area contributed by atoms with Gasteiger partial charge in [-0.3, -0.25) is 14.5 Å². The first-order valence-corrected chi connectivity index (χ1v) is 11.9. The molecule has 0 spiro atoms. The lowest BCUT2D eigenvalue weighted by Crippen LogP contribution is -2.58. The lowest BCUT2D eigenvalue weighted by Gasteiger charge is -2.35. The molecule has 1 atom stereocenters. The van der Waals surface area contributed by atoms with Crippen LogP contribution in [-0.2, 0) is 27.2 Å². The van der Waals surface area contributed by atoms with E-state index >= 15 is 0 Å². The molecule has 2 rings (SSSR count). The van der Waals surface area contributed by atoms with Crippen molar-refractivity contribution < 1.29 is 19.5 Å². The van der Waals surface area contributed by atoms with Gasteiger partial charge in [0.2, 0.25) is 11.8 Å². The molecule has 2 amide bonds. The first-order valence-electron chi connectivity index (χ1n) is 11.9. The minimum Gasteiger partial charge on any atom is -0.478 e. The number of rotatable bonds is 8. The Morgan fingerprint density at radius 2 is 1.50 bits per heavy atom. The Morgan fingerprint density at radius 1 is 1.03 bits per heavy atom. The summed E-state index contributed by atoms with van der Waals surface area (Å²) in [5, 5.41) is 12.0. The second kappa shape index (κ2) is 12.7. The van der Waals surface area contributed by atoms with Crippen molar-refractivity contribution in [3.8, 4) is 0 Å². The van der Waals surface area contributed by atoms with Gasteiger partial charge in [-0.15, -0.1) is 0 Å². The molecule has 0 saturated carbocycles. The average molecular weight is 474 g/mol. The minimum absolute atomic E-state index is 0.0291. The fourth-order valence-corrected chi connectivity index (χ4v) is 3.97. The fourth-order valence-electron chi connectivity index (χ4n) is 3.97. The lowest BCUT2D eigenvalue weighted by atomic mass is 9.93. The maximum atomic E-state index is 13.2. The molecule has 190 valence electrons. The Kier molecular flexibility index (Phi) is 11.0. The highest BCUT2D eigenvalue weighted by Gasteiger charge is 2.45. The zero-order valence-corrected chi connectivity index (χ0v) is 22.3. The van der Waals surface area contributed by atoms with E-state index in [4.69, 9.17) is 5.11 Å². The second-order valence-electron chi connectivity index (χ2n) is 10.4. The Hall–Kier alpha value is -2.67. The smallest absolute Gasteiger partial charge is 0.331 e. The van der Waals surface area contributed by atoms with Gasteiger partial charge in [0, 0.05) is 25.5 Å². The third kappa shape index (κ3) is 7.69.